The minimum atomic E-state index is 0.0338. The van der Waals surface area contributed by atoms with Gasteiger partial charge in [-0.3, -0.25) is 9.89 Å². The smallest absolute Gasteiger partial charge is 0.246 e. The Kier molecular flexibility index (Phi) is 6.39. The minimum Gasteiger partial charge on any atom is -0.456 e. The van der Waals surface area contributed by atoms with Gasteiger partial charge in [0.15, 0.2) is 11.5 Å². The molecule has 1 amide bonds. The molecule has 3 heterocycles. The summed E-state index contributed by atoms with van der Waals surface area (Å²) in [6.45, 7) is 2.06. The zero-order valence-corrected chi connectivity index (χ0v) is 18.3. The largest absolute Gasteiger partial charge is 0.456 e. The molecule has 2 N–H and O–H groups in total. The number of aromatic nitrogens is 3. The molecule has 1 unspecified atom stereocenters. The first kappa shape index (κ1) is 21.1. The third-order valence-electron chi connectivity index (χ3n) is 5.04. The van der Waals surface area contributed by atoms with Crippen molar-refractivity contribution in [2.45, 2.75) is 12.5 Å². The fourth-order valence-corrected chi connectivity index (χ4v) is 3.61. The normalized spacial score (nSPS) is 16.5. The van der Waals surface area contributed by atoms with Gasteiger partial charge in [0.2, 0.25) is 5.91 Å². The number of fused-ring (bicyclic) bond motifs is 1. The number of hydrogen-bond donors (Lipinski definition) is 2. The fourth-order valence-electron chi connectivity index (χ4n) is 3.48. The minimum absolute atomic E-state index is 0.0338. The van der Waals surface area contributed by atoms with Crippen molar-refractivity contribution >= 4 is 34.4 Å². The number of amides is 1. The summed E-state index contributed by atoms with van der Waals surface area (Å²) in [6.07, 6.45) is 6.05. The first-order valence-electron chi connectivity index (χ1n) is 10.1. The van der Waals surface area contributed by atoms with E-state index in [1.165, 1.54) is 0 Å². The molecule has 1 aliphatic rings. The highest BCUT2D eigenvalue weighted by Crippen LogP contribution is 2.33. The van der Waals surface area contributed by atoms with E-state index in [1.807, 2.05) is 42.1 Å². The number of H-pyrrole nitrogens is 1. The van der Waals surface area contributed by atoms with Crippen LogP contribution in [0.2, 0.25) is 5.02 Å². The lowest BCUT2D eigenvalue weighted by molar-refractivity contribution is -0.125. The number of carbonyl (C=O) groups excluding carboxylic acids is 1. The van der Waals surface area contributed by atoms with Gasteiger partial charge in [0, 0.05) is 49.0 Å². The van der Waals surface area contributed by atoms with E-state index >= 15 is 0 Å². The molecule has 1 atom stereocenters. The topological polar surface area (TPSA) is 86.4 Å². The lowest BCUT2D eigenvalue weighted by Crippen LogP contribution is -2.30. The summed E-state index contributed by atoms with van der Waals surface area (Å²) in [7, 11) is 3.94. The predicted octanol–water partition coefficient (Wildman–Crippen LogP) is 3.53. The van der Waals surface area contributed by atoms with Gasteiger partial charge < -0.3 is 19.9 Å². The van der Waals surface area contributed by atoms with Gasteiger partial charge in [0.25, 0.3) is 0 Å². The summed E-state index contributed by atoms with van der Waals surface area (Å²) in [5.74, 6) is 2.01. The van der Waals surface area contributed by atoms with E-state index in [-0.39, 0.29) is 11.9 Å². The van der Waals surface area contributed by atoms with E-state index in [2.05, 4.69) is 20.5 Å². The third kappa shape index (κ3) is 5.15. The summed E-state index contributed by atoms with van der Waals surface area (Å²) in [5.41, 5.74) is 0.631. The number of nitrogens with zero attached hydrogens (tertiary/aromatic N) is 4. The molecule has 2 aromatic heterocycles. The van der Waals surface area contributed by atoms with Crippen molar-refractivity contribution in [3.8, 4) is 11.5 Å². The molecule has 8 nitrogen and oxygen atoms in total. The van der Waals surface area contributed by atoms with Gasteiger partial charge in [0.1, 0.15) is 16.9 Å². The number of nitrogens with one attached hydrogen (secondary N) is 2. The van der Waals surface area contributed by atoms with Crippen molar-refractivity contribution in [3.05, 3.63) is 53.7 Å². The summed E-state index contributed by atoms with van der Waals surface area (Å²) < 4.78 is 6.06. The van der Waals surface area contributed by atoms with E-state index < -0.39 is 0 Å². The van der Waals surface area contributed by atoms with Crippen molar-refractivity contribution < 1.29 is 9.53 Å². The average molecular weight is 441 g/mol. The molecule has 1 saturated heterocycles. The first-order chi connectivity index (χ1) is 15.0. The lowest BCUT2D eigenvalue weighted by Gasteiger charge is -2.16. The highest BCUT2D eigenvalue weighted by molar-refractivity contribution is 6.30. The van der Waals surface area contributed by atoms with Crippen LogP contribution < -0.4 is 10.1 Å². The highest BCUT2D eigenvalue weighted by Gasteiger charge is 2.26. The number of halogens is 1. The number of pyridine rings is 1. The van der Waals surface area contributed by atoms with Gasteiger partial charge in [-0.05, 0) is 44.8 Å². The maximum absolute atomic E-state index is 12.4. The van der Waals surface area contributed by atoms with Crippen molar-refractivity contribution in [1.29, 1.82) is 0 Å². The Morgan fingerprint density at radius 3 is 2.94 bits per heavy atom. The molecule has 4 rings (SSSR count). The van der Waals surface area contributed by atoms with Crippen LogP contribution in [-0.2, 0) is 4.79 Å². The van der Waals surface area contributed by atoms with Gasteiger partial charge in [-0.15, -0.1) is 0 Å². The Labute approximate surface area is 185 Å². The molecule has 0 saturated carbocycles. The van der Waals surface area contributed by atoms with Gasteiger partial charge in [0.05, 0.1) is 0 Å². The van der Waals surface area contributed by atoms with Crippen LogP contribution in [0.5, 0.6) is 11.5 Å². The van der Waals surface area contributed by atoms with Crippen LogP contribution in [0.3, 0.4) is 0 Å². The van der Waals surface area contributed by atoms with Gasteiger partial charge in [-0.25, -0.2) is 4.98 Å². The second-order valence-corrected chi connectivity index (χ2v) is 8.18. The zero-order valence-electron chi connectivity index (χ0n) is 17.5. The molecule has 31 heavy (non-hydrogen) atoms. The van der Waals surface area contributed by atoms with E-state index in [1.54, 1.807) is 30.5 Å². The number of anilines is 1. The molecule has 1 fully saturated rings. The quantitative estimate of drug-likeness (QED) is 0.546. The van der Waals surface area contributed by atoms with Crippen LogP contribution >= 0.6 is 11.6 Å². The number of hydrogen-bond acceptors (Lipinski definition) is 6. The van der Waals surface area contributed by atoms with Crippen LogP contribution in [0.25, 0.3) is 11.0 Å². The van der Waals surface area contributed by atoms with E-state index in [0.717, 1.165) is 18.4 Å². The average Bonchev–Trinajstić information content (AvgIpc) is 3.38. The number of likely N-dealkylation sites (tertiary alicyclic amines) is 1. The Hall–Kier alpha value is -3.10. The standard InChI is InChI=1S/C22H25ClN6O2/c1-28(2)12-3-4-19(30)29-13-10-16(14-29)25-22-20-18(9-11-24-21(20)26-27-22)31-17-7-5-15(23)6-8-17/h3-9,11,16H,10,12-14H2,1-2H3,(H2,24,25,26,27)/b4-3+. The van der Waals surface area contributed by atoms with E-state index in [4.69, 9.17) is 16.3 Å². The summed E-state index contributed by atoms with van der Waals surface area (Å²) >= 11 is 5.96. The molecule has 0 spiro atoms. The molecule has 0 bridgehead atoms. The zero-order chi connectivity index (χ0) is 21.8. The molecule has 0 radical (unpaired) electrons. The maximum Gasteiger partial charge on any atom is 0.246 e. The van der Waals surface area contributed by atoms with Crippen LogP contribution in [0.15, 0.2) is 48.7 Å². The molecule has 1 aromatic carbocycles. The van der Waals surface area contributed by atoms with Gasteiger partial charge in [-0.2, -0.15) is 5.10 Å². The Balaban J connectivity index is 1.46. The Bertz CT molecular complexity index is 1080. The number of benzene rings is 1. The Morgan fingerprint density at radius 2 is 2.16 bits per heavy atom. The molecule has 9 heteroatoms. The SMILES string of the molecule is CN(C)C/C=C/C(=O)N1CCC(Nc2n[nH]c3nccc(Oc4ccc(Cl)cc4)c23)C1. The fraction of sp³-hybridized carbons (Fsp3) is 0.318. The summed E-state index contributed by atoms with van der Waals surface area (Å²) in [6, 6.07) is 9.08. The highest BCUT2D eigenvalue weighted by atomic mass is 35.5. The number of likely N-dealkylation sites (N-methyl/N-ethyl adjacent to an activating group) is 1. The number of rotatable bonds is 7. The second-order valence-electron chi connectivity index (χ2n) is 7.74. The molecular weight excluding hydrogens is 416 g/mol. The van der Waals surface area contributed by atoms with Crippen molar-refractivity contribution in [2.75, 3.05) is 39.0 Å². The number of carbonyl (C=O) groups is 1. The lowest BCUT2D eigenvalue weighted by atomic mass is 10.2. The Morgan fingerprint density at radius 1 is 1.35 bits per heavy atom. The van der Waals surface area contributed by atoms with E-state index in [9.17, 15) is 4.79 Å². The van der Waals surface area contributed by atoms with Crippen molar-refractivity contribution in [3.63, 3.8) is 0 Å². The van der Waals surface area contributed by atoms with Crippen LogP contribution in [0.1, 0.15) is 6.42 Å². The summed E-state index contributed by atoms with van der Waals surface area (Å²) in [5, 5.41) is 12.2. The molecule has 1 aliphatic heterocycles. The first-order valence-corrected chi connectivity index (χ1v) is 10.5. The monoisotopic (exact) mass is 440 g/mol. The van der Waals surface area contributed by atoms with Crippen molar-refractivity contribution in [2.24, 2.45) is 0 Å². The molecular formula is C22H25ClN6O2. The summed E-state index contributed by atoms with van der Waals surface area (Å²) in [4.78, 5) is 20.6. The maximum atomic E-state index is 12.4. The van der Waals surface area contributed by atoms with E-state index in [0.29, 0.717) is 41.1 Å². The number of ether oxygens (including phenoxy) is 1. The molecule has 162 valence electrons. The van der Waals surface area contributed by atoms with Crippen LogP contribution in [0, 0.1) is 0 Å². The predicted molar refractivity (Wildman–Crippen MR) is 122 cm³/mol. The second kappa shape index (κ2) is 9.36. The van der Waals surface area contributed by atoms with Crippen LogP contribution in [0.4, 0.5) is 5.82 Å². The van der Waals surface area contributed by atoms with Gasteiger partial charge in [-0.1, -0.05) is 17.7 Å². The van der Waals surface area contributed by atoms with Crippen LogP contribution in [-0.4, -0.2) is 70.7 Å². The molecule has 3 aromatic rings. The van der Waals surface area contributed by atoms with Crippen molar-refractivity contribution in [1.82, 2.24) is 25.0 Å². The number of aromatic amines is 1. The van der Waals surface area contributed by atoms with Gasteiger partial charge >= 0.3 is 0 Å². The molecule has 0 aliphatic carbocycles. The third-order valence-corrected chi connectivity index (χ3v) is 5.29.